The molecular formula is C8H16ClN3O2. The zero-order valence-corrected chi connectivity index (χ0v) is 9.28. The number of hydrogen-bond acceptors (Lipinski definition) is 5. The standard InChI is InChI=1S/C8H15N3O2.ClH/c1-4(2)6(9)7(12)8-10-5(3)13-11-8;/h4,6-7,12H,9H2,1-3H3;1H/t6-,7?;/m0./s1. The molecule has 0 radical (unpaired) electrons. The lowest BCUT2D eigenvalue weighted by Gasteiger charge is -2.18. The number of nitrogens with two attached hydrogens (primary N) is 1. The van der Waals surface area contributed by atoms with E-state index in [1.165, 1.54) is 0 Å². The van der Waals surface area contributed by atoms with Gasteiger partial charge < -0.3 is 15.4 Å². The summed E-state index contributed by atoms with van der Waals surface area (Å²) in [5, 5.41) is 13.3. The van der Waals surface area contributed by atoms with Crippen molar-refractivity contribution in [2.75, 3.05) is 0 Å². The summed E-state index contributed by atoms with van der Waals surface area (Å²) in [5.41, 5.74) is 5.73. The highest BCUT2D eigenvalue weighted by Crippen LogP contribution is 2.16. The van der Waals surface area contributed by atoms with Crippen LogP contribution in [0.1, 0.15) is 31.7 Å². The maximum atomic E-state index is 9.66. The Morgan fingerprint density at radius 3 is 2.36 bits per heavy atom. The molecule has 0 aromatic carbocycles. The summed E-state index contributed by atoms with van der Waals surface area (Å²) in [7, 11) is 0. The monoisotopic (exact) mass is 221 g/mol. The first-order valence-corrected chi connectivity index (χ1v) is 4.26. The summed E-state index contributed by atoms with van der Waals surface area (Å²) in [6.07, 6.45) is -0.850. The molecule has 0 saturated carbocycles. The van der Waals surface area contributed by atoms with Gasteiger partial charge in [-0.2, -0.15) is 4.98 Å². The minimum Gasteiger partial charge on any atom is -0.383 e. The molecule has 82 valence electrons. The third kappa shape index (κ3) is 2.94. The zero-order valence-electron chi connectivity index (χ0n) is 8.47. The second kappa shape index (κ2) is 5.29. The van der Waals surface area contributed by atoms with E-state index in [1.54, 1.807) is 6.92 Å². The Hall–Kier alpha value is -0.650. The van der Waals surface area contributed by atoms with E-state index < -0.39 is 6.10 Å². The Kier molecular flexibility index (Phi) is 5.04. The van der Waals surface area contributed by atoms with E-state index in [1.807, 2.05) is 13.8 Å². The molecule has 1 aromatic heterocycles. The van der Waals surface area contributed by atoms with E-state index in [-0.39, 0.29) is 30.2 Å². The maximum absolute atomic E-state index is 9.66. The Bertz CT molecular complexity index is 277. The molecule has 0 aliphatic carbocycles. The minimum absolute atomic E-state index is 0. The Morgan fingerprint density at radius 2 is 2.00 bits per heavy atom. The van der Waals surface area contributed by atoms with Gasteiger partial charge in [0.05, 0.1) is 0 Å². The summed E-state index contributed by atoms with van der Waals surface area (Å²) >= 11 is 0. The molecule has 0 aliphatic rings. The van der Waals surface area contributed by atoms with Crippen LogP contribution in [0.4, 0.5) is 0 Å². The average Bonchev–Trinajstić information content (AvgIpc) is 2.49. The summed E-state index contributed by atoms with van der Waals surface area (Å²) < 4.78 is 4.74. The molecule has 3 N–H and O–H groups in total. The van der Waals surface area contributed by atoms with Gasteiger partial charge in [0.25, 0.3) is 0 Å². The van der Waals surface area contributed by atoms with Crippen molar-refractivity contribution in [3.05, 3.63) is 11.7 Å². The smallest absolute Gasteiger partial charge is 0.223 e. The highest BCUT2D eigenvalue weighted by molar-refractivity contribution is 5.85. The van der Waals surface area contributed by atoms with Crippen molar-refractivity contribution >= 4 is 12.4 Å². The molecule has 1 heterocycles. The van der Waals surface area contributed by atoms with Crippen molar-refractivity contribution in [1.29, 1.82) is 0 Å². The first-order chi connectivity index (χ1) is 6.02. The van der Waals surface area contributed by atoms with Crippen LogP contribution in [0.25, 0.3) is 0 Å². The molecule has 0 amide bonds. The molecule has 6 heteroatoms. The molecule has 0 bridgehead atoms. The quantitative estimate of drug-likeness (QED) is 0.789. The molecule has 2 atom stereocenters. The number of aliphatic hydroxyl groups is 1. The molecule has 0 fully saturated rings. The van der Waals surface area contributed by atoms with E-state index in [0.717, 1.165) is 0 Å². The van der Waals surface area contributed by atoms with Crippen LogP contribution in [0.15, 0.2) is 4.52 Å². The van der Waals surface area contributed by atoms with Gasteiger partial charge in [0.15, 0.2) is 0 Å². The summed E-state index contributed by atoms with van der Waals surface area (Å²) in [6, 6.07) is -0.364. The fraction of sp³-hybridized carbons (Fsp3) is 0.750. The van der Waals surface area contributed by atoms with Crippen LogP contribution < -0.4 is 5.73 Å². The molecule has 0 aliphatic heterocycles. The second-order valence-corrected chi connectivity index (χ2v) is 3.44. The second-order valence-electron chi connectivity index (χ2n) is 3.44. The summed E-state index contributed by atoms with van der Waals surface area (Å²) in [6.45, 7) is 5.53. The van der Waals surface area contributed by atoms with Crippen molar-refractivity contribution in [2.24, 2.45) is 11.7 Å². The van der Waals surface area contributed by atoms with Gasteiger partial charge in [-0.05, 0) is 5.92 Å². The molecule has 1 aromatic rings. The maximum Gasteiger partial charge on any atom is 0.223 e. The third-order valence-electron chi connectivity index (χ3n) is 1.94. The van der Waals surface area contributed by atoms with Crippen LogP contribution in [0.2, 0.25) is 0 Å². The van der Waals surface area contributed by atoms with Gasteiger partial charge in [0.1, 0.15) is 6.10 Å². The van der Waals surface area contributed by atoms with Crippen molar-refractivity contribution in [3.63, 3.8) is 0 Å². The van der Waals surface area contributed by atoms with Gasteiger partial charge in [-0.15, -0.1) is 12.4 Å². The Balaban J connectivity index is 0.00000169. The van der Waals surface area contributed by atoms with Crippen molar-refractivity contribution in [3.8, 4) is 0 Å². The number of nitrogens with zero attached hydrogens (tertiary/aromatic N) is 2. The van der Waals surface area contributed by atoms with Crippen LogP contribution in [0, 0.1) is 12.8 Å². The lowest BCUT2D eigenvalue weighted by atomic mass is 9.99. The predicted molar refractivity (Wildman–Crippen MR) is 54.1 cm³/mol. The fourth-order valence-corrected chi connectivity index (χ4v) is 0.972. The Labute approximate surface area is 89.1 Å². The van der Waals surface area contributed by atoms with E-state index in [2.05, 4.69) is 10.1 Å². The summed E-state index contributed by atoms with van der Waals surface area (Å²) in [4.78, 5) is 3.91. The normalized spacial score (nSPS) is 15.0. The average molecular weight is 222 g/mol. The molecule has 0 saturated heterocycles. The molecule has 14 heavy (non-hydrogen) atoms. The lowest BCUT2D eigenvalue weighted by Crippen LogP contribution is -2.34. The van der Waals surface area contributed by atoms with E-state index in [9.17, 15) is 5.11 Å². The molecule has 5 nitrogen and oxygen atoms in total. The van der Waals surface area contributed by atoms with E-state index >= 15 is 0 Å². The topological polar surface area (TPSA) is 85.2 Å². The van der Waals surface area contributed by atoms with Gasteiger partial charge in [0.2, 0.25) is 11.7 Å². The zero-order chi connectivity index (χ0) is 10.0. The van der Waals surface area contributed by atoms with Crippen LogP contribution >= 0.6 is 12.4 Å². The van der Waals surface area contributed by atoms with Crippen molar-refractivity contribution in [1.82, 2.24) is 10.1 Å². The Morgan fingerprint density at radius 1 is 1.43 bits per heavy atom. The number of rotatable bonds is 3. The molecule has 1 unspecified atom stereocenters. The minimum atomic E-state index is -0.850. The van der Waals surface area contributed by atoms with Gasteiger partial charge >= 0.3 is 0 Å². The highest BCUT2D eigenvalue weighted by atomic mass is 35.5. The lowest BCUT2D eigenvalue weighted by molar-refractivity contribution is 0.114. The highest BCUT2D eigenvalue weighted by Gasteiger charge is 2.24. The van der Waals surface area contributed by atoms with Crippen molar-refractivity contribution < 1.29 is 9.63 Å². The number of hydrogen-bond donors (Lipinski definition) is 2. The third-order valence-corrected chi connectivity index (χ3v) is 1.94. The predicted octanol–water partition coefficient (Wildman–Crippen LogP) is 0.817. The van der Waals surface area contributed by atoms with Crippen LogP contribution in [-0.4, -0.2) is 21.3 Å². The number of aryl methyl sites for hydroxylation is 1. The van der Waals surface area contributed by atoms with Gasteiger partial charge in [-0.25, -0.2) is 0 Å². The van der Waals surface area contributed by atoms with Gasteiger partial charge in [-0.1, -0.05) is 19.0 Å². The molecule has 1 rings (SSSR count). The van der Waals surface area contributed by atoms with Gasteiger partial charge in [-0.3, -0.25) is 0 Å². The largest absolute Gasteiger partial charge is 0.383 e. The first-order valence-electron chi connectivity index (χ1n) is 4.26. The van der Waals surface area contributed by atoms with Crippen molar-refractivity contribution in [2.45, 2.75) is 32.9 Å². The molecule has 0 spiro atoms. The summed E-state index contributed by atoms with van der Waals surface area (Å²) in [5.74, 6) is 0.873. The number of halogens is 1. The van der Waals surface area contributed by atoms with E-state index in [0.29, 0.717) is 5.89 Å². The van der Waals surface area contributed by atoms with Gasteiger partial charge in [0, 0.05) is 13.0 Å². The number of aromatic nitrogens is 2. The number of aliphatic hydroxyl groups excluding tert-OH is 1. The van der Waals surface area contributed by atoms with E-state index in [4.69, 9.17) is 10.3 Å². The van der Waals surface area contributed by atoms with Crippen LogP contribution in [-0.2, 0) is 0 Å². The van der Waals surface area contributed by atoms with Crippen LogP contribution in [0.3, 0.4) is 0 Å². The fourth-order valence-electron chi connectivity index (χ4n) is 0.972. The SMILES string of the molecule is Cc1nc(C(O)[C@@H](N)C(C)C)no1.Cl. The molecular weight excluding hydrogens is 206 g/mol. The van der Waals surface area contributed by atoms with Crippen LogP contribution in [0.5, 0.6) is 0 Å². The first kappa shape index (κ1) is 13.4.